The first-order chi connectivity index (χ1) is 14.2. The Balaban J connectivity index is 0.00000256. The van der Waals surface area contributed by atoms with E-state index >= 15 is 0 Å². The van der Waals surface area contributed by atoms with Crippen molar-refractivity contribution in [2.24, 2.45) is 12.0 Å². The molecule has 2 fully saturated rings. The fraction of sp³-hybridized carbons (Fsp3) is 0.545. The van der Waals surface area contributed by atoms with E-state index in [0.29, 0.717) is 12.5 Å². The third-order valence-corrected chi connectivity index (χ3v) is 5.76. The zero-order valence-corrected chi connectivity index (χ0v) is 20.3. The van der Waals surface area contributed by atoms with Crippen molar-refractivity contribution in [1.29, 1.82) is 0 Å². The molecule has 2 aliphatic heterocycles. The monoisotopic (exact) mass is 524 g/mol. The molecule has 1 aromatic carbocycles. The Labute approximate surface area is 196 Å². The standard InChI is InChI=1S/C22H32N6O.HI/c1-3-23-22(28-9-8-19(17-28)20-15-25-26(2)16-20)24-14-18-6-4-5-7-21(18)27-10-12-29-13-11-27;/h4-7,15-16,19H,3,8-14,17H2,1-2H3,(H,23,24);1H. The molecular weight excluding hydrogens is 491 g/mol. The molecule has 0 saturated carbocycles. The lowest BCUT2D eigenvalue weighted by molar-refractivity contribution is 0.122. The highest BCUT2D eigenvalue weighted by Gasteiger charge is 2.27. The van der Waals surface area contributed by atoms with E-state index in [-0.39, 0.29) is 24.0 Å². The molecule has 3 heterocycles. The quantitative estimate of drug-likeness (QED) is 0.371. The number of rotatable bonds is 5. The van der Waals surface area contributed by atoms with E-state index in [2.05, 4.69) is 57.6 Å². The normalized spacial score (nSPS) is 19.7. The van der Waals surface area contributed by atoms with Gasteiger partial charge in [-0.15, -0.1) is 24.0 Å². The number of para-hydroxylation sites is 1. The molecule has 0 bridgehead atoms. The molecule has 2 aromatic rings. The van der Waals surface area contributed by atoms with Crippen LogP contribution in [0, 0.1) is 0 Å². The topological polar surface area (TPSA) is 57.9 Å². The number of guanidine groups is 1. The number of ether oxygens (including phenoxy) is 1. The Morgan fingerprint density at radius 3 is 2.77 bits per heavy atom. The van der Waals surface area contributed by atoms with Crippen LogP contribution in [0.25, 0.3) is 0 Å². The van der Waals surface area contributed by atoms with Crippen LogP contribution >= 0.6 is 24.0 Å². The van der Waals surface area contributed by atoms with E-state index in [1.54, 1.807) is 0 Å². The summed E-state index contributed by atoms with van der Waals surface area (Å²) >= 11 is 0. The maximum atomic E-state index is 5.51. The van der Waals surface area contributed by atoms with Crippen LogP contribution in [-0.2, 0) is 18.3 Å². The van der Waals surface area contributed by atoms with Crippen LogP contribution in [0.15, 0.2) is 41.7 Å². The average molecular weight is 524 g/mol. The van der Waals surface area contributed by atoms with Crippen LogP contribution in [0.1, 0.15) is 30.4 Å². The summed E-state index contributed by atoms with van der Waals surface area (Å²) in [6, 6.07) is 8.62. The molecule has 1 unspecified atom stereocenters. The highest BCUT2D eigenvalue weighted by atomic mass is 127. The van der Waals surface area contributed by atoms with E-state index < -0.39 is 0 Å². The number of hydrogen-bond donors (Lipinski definition) is 1. The largest absolute Gasteiger partial charge is 0.378 e. The number of halogens is 1. The molecule has 1 N–H and O–H groups in total. The molecule has 0 radical (unpaired) electrons. The van der Waals surface area contributed by atoms with E-state index in [4.69, 9.17) is 9.73 Å². The van der Waals surface area contributed by atoms with Gasteiger partial charge in [-0.25, -0.2) is 4.99 Å². The van der Waals surface area contributed by atoms with Gasteiger partial charge in [0, 0.05) is 57.6 Å². The summed E-state index contributed by atoms with van der Waals surface area (Å²) in [7, 11) is 1.98. The van der Waals surface area contributed by atoms with Gasteiger partial charge in [0.25, 0.3) is 0 Å². The molecule has 2 saturated heterocycles. The molecular formula is C22H33IN6O. The molecule has 0 aliphatic carbocycles. The van der Waals surface area contributed by atoms with Crippen LogP contribution in [-0.4, -0.2) is 66.6 Å². The number of anilines is 1. The zero-order chi connectivity index (χ0) is 20.1. The van der Waals surface area contributed by atoms with E-state index in [1.807, 2.05) is 17.9 Å². The van der Waals surface area contributed by atoms with Gasteiger partial charge in [-0.2, -0.15) is 5.10 Å². The van der Waals surface area contributed by atoms with Crippen LogP contribution in [0.3, 0.4) is 0 Å². The lowest BCUT2D eigenvalue weighted by Gasteiger charge is -2.30. The van der Waals surface area contributed by atoms with Crippen molar-refractivity contribution >= 4 is 35.6 Å². The molecule has 8 heteroatoms. The predicted molar refractivity (Wildman–Crippen MR) is 132 cm³/mol. The minimum Gasteiger partial charge on any atom is -0.378 e. The van der Waals surface area contributed by atoms with Gasteiger partial charge in [0.2, 0.25) is 0 Å². The van der Waals surface area contributed by atoms with Crippen LogP contribution < -0.4 is 10.2 Å². The van der Waals surface area contributed by atoms with Crippen LogP contribution in [0.5, 0.6) is 0 Å². The minimum atomic E-state index is 0. The van der Waals surface area contributed by atoms with Crippen LogP contribution in [0.2, 0.25) is 0 Å². The molecule has 0 amide bonds. The third-order valence-electron chi connectivity index (χ3n) is 5.76. The Bertz CT molecular complexity index is 833. The van der Waals surface area contributed by atoms with E-state index in [9.17, 15) is 0 Å². The summed E-state index contributed by atoms with van der Waals surface area (Å²) in [5.41, 5.74) is 3.88. The van der Waals surface area contributed by atoms with Crippen molar-refractivity contribution < 1.29 is 4.74 Å². The SMILES string of the molecule is CCNC(=NCc1ccccc1N1CCOCC1)N1CCC(c2cnn(C)c2)C1.I. The molecule has 164 valence electrons. The van der Waals surface area contributed by atoms with Gasteiger partial charge in [0.15, 0.2) is 5.96 Å². The Kier molecular flexibility index (Phi) is 8.38. The molecule has 1 atom stereocenters. The number of morpholine rings is 1. The number of nitrogens with zero attached hydrogens (tertiary/aromatic N) is 5. The highest BCUT2D eigenvalue weighted by molar-refractivity contribution is 14.0. The Morgan fingerprint density at radius 1 is 1.23 bits per heavy atom. The number of aromatic nitrogens is 2. The summed E-state index contributed by atoms with van der Waals surface area (Å²) in [6.07, 6.45) is 5.27. The van der Waals surface area contributed by atoms with E-state index in [0.717, 1.165) is 58.3 Å². The van der Waals surface area contributed by atoms with Crippen molar-refractivity contribution in [3.05, 3.63) is 47.8 Å². The predicted octanol–water partition coefficient (Wildman–Crippen LogP) is 2.83. The van der Waals surface area contributed by atoms with Gasteiger partial charge in [0.05, 0.1) is 26.0 Å². The first-order valence-electron chi connectivity index (χ1n) is 10.7. The molecule has 0 spiro atoms. The van der Waals surface area contributed by atoms with Crippen molar-refractivity contribution in [1.82, 2.24) is 20.0 Å². The first-order valence-corrected chi connectivity index (χ1v) is 10.7. The summed E-state index contributed by atoms with van der Waals surface area (Å²) in [6.45, 7) is 9.18. The maximum Gasteiger partial charge on any atom is 0.194 e. The van der Waals surface area contributed by atoms with Gasteiger partial charge in [-0.3, -0.25) is 4.68 Å². The molecule has 30 heavy (non-hydrogen) atoms. The summed E-state index contributed by atoms with van der Waals surface area (Å²) < 4.78 is 7.40. The van der Waals surface area contributed by atoms with Gasteiger partial charge >= 0.3 is 0 Å². The van der Waals surface area contributed by atoms with Gasteiger partial charge < -0.3 is 19.9 Å². The zero-order valence-electron chi connectivity index (χ0n) is 18.0. The fourth-order valence-electron chi connectivity index (χ4n) is 4.22. The lowest BCUT2D eigenvalue weighted by atomic mass is 10.0. The second-order valence-corrected chi connectivity index (χ2v) is 7.78. The van der Waals surface area contributed by atoms with Gasteiger partial charge in [0.1, 0.15) is 0 Å². The highest BCUT2D eigenvalue weighted by Crippen LogP contribution is 2.27. The average Bonchev–Trinajstić information content (AvgIpc) is 3.41. The number of aryl methyl sites for hydroxylation is 1. The van der Waals surface area contributed by atoms with Crippen molar-refractivity contribution in [3.63, 3.8) is 0 Å². The van der Waals surface area contributed by atoms with Gasteiger partial charge in [-0.1, -0.05) is 18.2 Å². The van der Waals surface area contributed by atoms with Crippen LogP contribution in [0.4, 0.5) is 5.69 Å². The summed E-state index contributed by atoms with van der Waals surface area (Å²) in [5, 5.41) is 7.83. The molecule has 4 rings (SSSR count). The molecule has 7 nitrogen and oxygen atoms in total. The summed E-state index contributed by atoms with van der Waals surface area (Å²) in [5.74, 6) is 1.53. The molecule has 2 aliphatic rings. The smallest absolute Gasteiger partial charge is 0.194 e. The van der Waals surface area contributed by atoms with E-state index in [1.165, 1.54) is 16.8 Å². The van der Waals surface area contributed by atoms with Gasteiger partial charge in [-0.05, 0) is 30.5 Å². The van der Waals surface area contributed by atoms with Crippen molar-refractivity contribution in [2.45, 2.75) is 25.8 Å². The number of aliphatic imine (C=N–C) groups is 1. The van der Waals surface area contributed by atoms with Crippen molar-refractivity contribution in [3.8, 4) is 0 Å². The fourth-order valence-corrected chi connectivity index (χ4v) is 4.22. The number of hydrogen-bond acceptors (Lipinski definition) is 4. The maximum absolute atomic E-state index is 5.51. The second kappa shape index (κ2) is 11.0. The second-order valence-electron chi connectivity index (χ2n) is 7.78. The first kappa shape index (κ1) is 22.9. The molecule has 1 aromatic heterocycles. The number of benzene rings is 1. The number of likely N-dealkylation sites (tertiary alicyclic amines) is 1. The van der Waals surface area contributed by atoms with Crippen molar-refractivity contribution in [2.75, 3.05) is 50.8 Å². The summed E-state index contributed by atoms with van der Waals surface area (Å²) in [4.78, 5) is 9.81. The third kappa shape index (κ3) is 5.46. The Morgan fingerprint density at radius 2 is 2.03 bits per heavy atom. The minimum absolute atomic E-state index is 0. The Hall–Kier alpha value is -1.81. The number of nitrogens with one attached hydrogen (secondary N) is 1. The lowest BCUT2D eigenvalue weighted by Crippen LogP contribution is -2.40.